The topological polar surface area (TPSA) is 145 Å². The van der Waals surface area contributed by atoms with E-state index in [4.69, 9.17) is 4.74 Å². The van der Waals surface area contributed by atoms with Gasteiger partial charge < -0.3 is 15.4 Å². The van der Waals surface area contributed by atoms with E-state index in [2.05, 4.69) is 10.6 Å². The van der Waals surface area contributed by atoms with Crippen molar-refractivity contribution in [2.24, 2.45) is 0 Å². The largest absolute Gasteiger partial charge is 0.452 e. The lowest BCUT2D eigenvalue weighted by Crippen LogP contribution is -2.38. The lowest BCUT2D eigenvalue weighted by molar-refractivity contribution is -0.384. The molecular formula is C15H19N3O7S. The SMILES string of the molecule is CCNc1ccc(C(=O)OCC(=O)N[C@H]2CCS(=O)(=O)C2)cc1[N+](=O)[O-]. The smallest absolute Gasteiger partial charge is 0.338 e. The number of nitro groups is 1. The van der Waals surface area contributed by atoms with Crippen LogP contribution in [-0.4, -0.2) is 55.9 Å². The lowest BCUT2D eigenvalue weighted by Gasteiger charge is -2.11. The molecule has 1 aromatic rings. The molecule has 2 rings (SSSR count). The van der Waals surface area contributed by atoms with Crippen LogP contribution < -0.4 is 10.6 Å². The summed E-state index contributed by atoms with van der Waals surface area (Å²) in [6, 6.07) is 3.32. The van der Waals surface area contributed by atoms with E-state index in [9.17, 15) is 28.1 Å². The van der Waals surface area contributed by atoms with Crippen LogP contribution in [0.15, 0.2) is 18.2 Å². The van der Waals surface area contributed by atoms with Crippen molar-refractivity contribution >= 4 is 33.1 Å². The van der Waals surface area contributed by atoms with E-state index in [1.165, 1.54) is 12.1 Å². The van der Waals surface area contributed by atoms with Gasteiger partial charge in [0.05, 0.1) is 22.0 Å². The van der Waals surface area contributed by atoms with Gasteiger partial charge in [0.15, 0.2) is 16.4 Å². The van der Waals surface area contributed by atoms with Crippen molar-refractivity contribution in [1.29, 1.82) is 0 Å². The van der Waals surface area contributed by atoms with Gasteiger partial charge in [-0.2, -0.15) is 0 Å². The predicted octanol–water partition coefficient (Wildman–Crippen LogP) is 0.487. The van der Waals surface area contributed by atoms with Crippen LogP contribution in [0.5, 0.6) is 0 Å². The van der Waals surface area contributed by atoms with Crippen molar-refractivity contribution < 1.29 is 27.7 Å². The number of hydrogen-bond acceptors (Lipinski definition) is 8. The summed E-state index contributed by atoms with van der Waals surface area (Å²) in [6.45, 7) is 1.65. The first kappa shape index (κ1) is 19.6. The average molecular weight is 385 g/mol. The third-order valence-electron chi connectivity index (χ3n) is 3.73. The molecule has 11 heteroatoms. The van der Waals surface area contributed by atoms with Gasteiger partial charge in [0, 0.05) is 18.7 Å². The van der Waals surface area contributed by atoms with Gasteiger partial charge in [-0.3, -0.25) is 14.9 Å². The Hall–Kier alpha value is -2.69. The summed E-state index contributed by atoms with van der Waals surface area (Å²) in [6.07, 6.45) is 0.320. The number of amides is 1. The number of nitrogens with one attached hydrogen (secondary N) is 2. The lowest BCUT2D eigenvalue weighted by atomic mass is 10.1. The molecule has 0 saturated carbocycles. The Morgan fingerprint density at radius 3 is 2.69 bits per heavy atom. The fraction of sp³-hybridized carbons (Fsp3) is 0.467. The number of nitrogens with zero attached hydrogens (tertiary/aromatic N) is 1. The molecule has 1 fully saturated rings. The molecule has 2 N–H and O–H groups in total. The number of hydrogen-bond donors (Lipinski definition) is 2. The maximum atomic E-state index is 12.0. The van der Waals surface area contributed by atoms with E-state index in [0.29, 0.717) is 13.0 Å². The van der Waals surface area contributed by atoms with Crippen molar-refractivity contribution in [3.05, 3.63) is 33.9 Å². The third-order valence-corrected chi connectivity index (χ3v) is 5.50. The number of ether oxygens (including phenoxy) is 1. The van der Waals surface area contributed by atoms with Crippen molar-refractivity contribution in [2.45, 2.75) is 19.4 Å². The summed E-state index contributed by atoms with van der Waals surface area (Å²) < 4.78 is 27.5. The van der Waals surface area contributed by atoms with Gasteiger partial charge in [0.25, 0.3) is 11.6 Å². The second kappa shape index (κ2) is 8.13. The first-order valence-electron chi connectivity index (χ1n) is 7.91. The predicted molar refractivity (Wildman–Crippen MR) is 92.7 cm³/mol. The van der Waals surface area contributed by atoms with Crippen LogP contribution in [0.4, 0.5) is 11.4 Å². The molecule has 1 aliphatic heterocycles. The van der Waals surface area contributed by atoms with Crippen molar-refractivity contribution in [1.82, 2.24) is 5.32 Å². The minimum absolute atomic E-state index is 0.0134. The Bertz CT molecular complexity index is 823. The molecule has 0 unspecified atom stereocenters. The second-order valence-corrected chi connectivity index (χ2v) is 7.99. The Kier molecular flexibility index (Phi) is 6.14. The van der Waals surface area contributed by atoms with Gasteiger partial charge in [-0.25, -0.2) is 13.2 Å². The zero-order valence-electron chi connectivity index (χ0n) is 14.1. The van der Waals surface area contributed by atoms with Crippen LogP contribution >= 0.6 is 0 Å². The molecule has 1 heterocycles. The quantitative estimate of drug-likeness (QED) is 0.392. The van der Waals surface area contributed by atoms with Crippen LogP contribution in [0.3, 0.4) is 0 Å². The fourth-order valence-corrected chi connectivity index (χ4v) is 4.22. The zero-order chi connectivity index (χ0) is 19.3. The second-order valence-electron chi connectivity index (χ2n) is 5.76. The van der Waals surface area contributed by atoms with Gasteiger partial charge in [0.2, 0.25) is 0 Å². The van der Waals surface area contributed by atoms with Crippen molar-refractivity contribution in [3.8, 4) is 0 Å². The number of esters is 1. The molecule has 0 aromatic heterocycles. The van der Waals surface area contributed by atoms with Gasteiger partial charge in [-0.15, -0.1) is 0 Å². The zero-order valence-corrected chi connectivity index (χ0v) is 14.9. The van der Waals surface area contributed by atoms with Crippen molar-refractivity contribution in [3.63, 3.8) is 0 Å². The minimum Gasteiger partial charge on any atom is -0.452 e. The summed E-state index contributed by atoms with van der Waals surface area (Å²) in [4.78, 5) is 34.2. The highest BCUT2D eigenvalue weighted by Crippen LogP contribution is 2.25. The van der Waals surface area contributed by atoms with E-state index in [0.717, 1.165) is 6.07 Å². The van der Waals surface area contributed by atoms with E-state index in [-0.39, 0.29) is 28.4 Å². The molecule has 1 saturated heterocycles. The molecule has 1 atom stereocenters. The summed E-state index contributed by atoms with van der Waals surface area (Å²) in [5, 5.41) is 16.4. The maximum Gasteiger partial charge on any atom is 0.338 e. The molecule has 0 spiro atoms. The van der Waals surface area contributed by atoms with Gasteiger partial charge in [-0.05, 0) is 25.5 Å². The maximum absolute atomic E-state index is 12.0. The molecule has 10 nitrogen and oxygen atoms in total. The molecule has 26 heavy (non-hydrogen) atoms. The van der Waals surface area contributed by atoms with Gasteiger partial charge in [-0.1, -0.05) is 0 Å². The molecule has 1 aliphatic rings. The van der Waals surface area contributed by atoms with Crippen LogP contribution in [-0.2, 0) is 19.4 Å². The molecule has 0 bridgehead atoms. The third kappa shape index (κ3) is 5.15. The van der Waals surface area contributed by atoms with E-state index >= 15 is 0 Å². The number of anilines is 1. The Balaban J connectivity index is 1.94. The standard InChI is InChI=1S/C15H19N3O7S/c1-2-16-12-4-3-10(7-13(12)18(21)22)15(20)25-8-14(19)17-11-5-6-26(23,24)9-11/h3-4,7,11,16H,2,5-6,8-9H2,1H3,(H,17,19)/t11-/m0/s1. The number of sulfone groups is 1. The van der Waals surface area contributed by atoms with E-state index < -0.39 is 39.3 Å². The fourth-order valence-electron chi connectivity index (χ4n) is 2.54. The Morgan fingerprint density at radius 2 is 2.12 bits per heavy atom. The minimum atomic E-state index is -3.13. The molecule has 0 radical (unpaired) electrons. The first-order valence-corrected chi connectivity index (χ1v) is 9.73. The Morgan fingerprint density at radius 1 is 1.38 bits per heavy atom. The molecule has 1 amide bonds. The van der Waals surface area contributed by atoms with Gasteiger partial charge in [0.1, 0.15) is 5.69 Å². The van der Waals surface area contributed by atoms with Crippen LogP contribution in [0.25, 0.3) is 0 Å². The normalized spacial score (nSPS) is 18.1. The number of benzene rings is 1. The number of carbonyl (C=O) groups is 2. The first-order chi connectivity index (χ1) is 12.2. The van der Waals surface area contributed by atoms with Crippen LogP contribution in [0.2, 0.25) is 0 Å². The van der Waals surface area contributed by atoms with Gasteiger partial charge >= 0.3 is 5.97 Å². The molecule has 142 valence electrons. The van der Waals surface area contributed by atoms with Crippen molar-refractivity contribution in [2.75, 3.05) is 30.0 Å². The van der Waals surface area contributed by atoms with Crippen LogP contribution in [0.1, 0.15) is 23.7 Å². The highest BCUT2D eigenvalue weighted by molar-refractivity contribution is 7.91. The van der Waals surface area contributed by atoms with E-state index in [1.54, 1.807) is 6.92 Å². The molecular weight excluding hydrogens is 366 g/mol. The summed E-state index contributed by atoms with van der Waals surface area (Å²) >= 11 is 0. The number of carbonyl (C=O) groups excluding carboxylic acids is 2. The average Bonchev–Trinajstić information content (AvgIpc) is 2.91. The number of nitro benzene ring substituents is 1. The highest BCUT2D eigenvalue weighted by Gasteiger charge is 2.29. The number of rotatable bonds is 7. The summed E-state index contributed by atoms with van der Waals surface area (Å²) in [5.74, 6) is -1.63. The monoisotopic (exact) mass is 385 g/mol. The molecule has 1 aromatic carbocycles. The van der Waals surface area contributed by atoms with Crippen LogP contribution in [0, 0.1) is 10.1 Å². The Labute approximate surface area is 150 Å². The summed E-state index contributed by atoms with van der Waals surface area (Å²) in [7, 11) is -3.13. The van der Waals surface area contributed by atoms with E-state index in [1.807, 2.05) is 0 Å². The molecule has 0 aliphatic carbocycles. The highest BCUT2D eigenvalue weighted by atomic mass is 32.2. The summed E-state index contributed by atoms with van der Waals surface area (Å²) in [5.41, 5.74) is -0.0641.